The van der Waals surface area contributed by atoms with Gasteiger partial charge in [0.05, 0.1) is 16.3 Å². The topological polar surface area (TPSA) is 15.6 Å². The summed E-state index contributed by atoms with van der Waals surface area (Å²) in [4.78, 5) is 0. The van der Waals surface area contributed by atoms with Crippen LogP contribution in [0.4, 0.5) is 0 Å². The quantitative estimate of drug-likeness (QED) is 0.547. The lowest BCUT2D eigenvalue weighted by molar-refractivity contribution is 0.185. The molecule has 1 aromatic rings. The van der Waals surface area contributed by atoms with Gasteiger partial charge in [0.1, 0.15) is 0 Å². The molecule has 0 aromatic heterocycles. The van der Waals surface area contributed by atoms with E-state index >= 15 is 0 Å². The van der Waals surface area contributed by atoms with Gasteiger partial charge in [0.15, 0.2) is 0 Å². The summed E-state index contributed by atoms with van der Waals surface area (Å²) in [5.41, 5.74) is 0.766. The molecule has 0 N–H and O–H groups in total. The summed E-state index contributed by atoms with van der Waals surface area (Å²) in [6, 6.07) is 6.12. The van der Waals surface area contributed by atoms with Crippen molar-refractivity contribution < 1.29 is 0 Å². The monoisotopic (exact) mass is 352 g/mol. The highest BCUT2D eigenvalue weighted by atomic mass is 79.9. The van der Waals surface area contributed by atoms with Crippen LogP contribution in [-0.4, -0.2) is 23.3 Å². The van der Waals surface area contributed by atoms with E-state index in [9.17, 15) is 0 Å². The summed E-state index contributed by atoms with van der Waals surface area (Å²) in [6.45, 7) is 8.41. The third-order valence-corrected chi connectivity index (χ3v) is 3.04. The van der Waals surface area contributed by atoms with Crippen molar-refractivity contribution in [1.82, 2.24) is 5.01 Å². The summed E-state index contributed by atoms with van der Waals surface area (Å²) in [7, 11) is 0. The van der Waals surface area contributed by atoms with E-state index in [4.69, 9.17) is 23.2 Å². The van der Waals surface area contributed by atoms with Gasteiger partial charge in [0, 0.05) is 17.6 Å². The van der Waals surface area contributed by atoms with E-state index < -0.39 is 0 Å². The van der Waals surface area contributed by atoms with Gasteiger partial charge in [-0.3, -0.25) is 5.01 Å². The Balaban J connectivity index is 0.00000289. The molecule has 0 spiro atoms. The van der Waals surface area contributed by atoms with Crippen LogP contribution in [0, 0.1) is 0 Å². The van der Waals surface area contributed by atoms with Crippen LogP contribution < -0.4 is 0 Å². The molecular weight excluding hydrogens is 335 g/mol. The van der Waals surface area contributed by atoms with Crippen molar-refractivity contribution in [3.8, 4) is 0 Å². The van der Waals surface area contributed by atoms with Crippen LogP contribution in [-0.2, 0) is 0 Å². The van der Waals surface area contributed by atoms with Gasteiger partial charge in [-0.05, 0) is 39.8 Å². The zero-order valence-corrected chi connectivity index (χ0v) is 14.2. The van der Waals surface area contributed by atoms with Crippen molar-refractivity contribution in [2.24, 2.45) is 5.10 Å². The van der Waals surface area contributed by atoms with Gasteiger partial charge in [0.2, 0.25) is 0 Å². The number of rotatable bonds is 4. The minimum absolute atomic E-state index is 0. The minimum atomic E-state index is 0. The van der Waals surface area contributed by atoms with Crippen LogP contribution in [0.2, 0.25) is 10.0 Å². The van der Waals surface area contributed by atoms with Crippen molar-refractivity contribution in [1.29, 1.82) is 0 Å². The zero-order valence-electron chi connectivity index (χ0n) is 11.0. The number of nitrogens with zero attached hydrogens (tertiary/aromatic N) is 2. The molecule has 0 bridgehead atoms. The summed E-state index contributed by atoms with van der Waals surface area (Å²) in [6.07, 6.45) is 1.73. The van der Waals surface area contributed by atoms with Gasteiger partial charge in [0.25, 0.3) is 0 Å². The van der Waals surface area contributed by atoms with Gasteiger partial charge in [-0.1, -0.05) is 29.3 Å². The second kappa shape index (κ2) is 8.03. The molecule has 0 unspecified atom stereocenters. The Bertz CT molecular complexity index is 378. The second-order valence-electron chi connectivity index (χ2n) is 4.45. The molecule has 2 nitrogen and oxygen atoms in total. The Morgan fingerprint density at radius 2 is 1.50 bits per heavy atom. The molecule has 0 atom stereocenters. The van der Waals surface area contributed by atoms with Gasteiger partial charge in [-0.15, -0.1) is 17.0 Å². The molecular formula is C13H19BrCl2N2. The van der Waals surface area contributed by atoms with Crippen LogP contribution in [0.1, 0.15) is 33.3 Å². The minimum Gasteiger partial charge on any atom is -0.292 e. The third kappa shape index (κ3) is 4.79. The molecule has 5 heteroatoms. The van der Waals surface area contributed by atoms with Crippen LogP contribution in [0.5, 0.6) is 0 Å². The predicted octanol–water partition coefficient (Wildman–Crippen LogP) is 5.02. The molecule has 0 saturated heterocycles. The Hall–Kier alpha value is -0.250. The molecule has 0 aliphatic carbocycles. The van der Waals surface area contributed by atoms with Crippen LogP contribution in [0.15, 0.2) is 23.3 Å². The Labute approximate surface area is 130 Å². The first-order valence-corrected chi connectivity index (χ1v) is 6.45. The third-order valence-electron chi connectivity index (χ3n) is 2.38. The molecule has 0 saturated carbocycles. The molecule has 18 heavy (non-hydrogen) atoms. The normalized spacial score (nSPS) is 11.1. The number of halogens is 3. The maximum absolute atomic E-state index is 6.08. The summed E-state index contributed by atoms with van der Waals surface area (Å²) >= 11 is 12.2. The fourth-order valence-corrected chi connectivity index (χ4v) is 2.12. The number of benzene rings is 1. The highest BCUT2D eigenvalue weighted by Gasteiger charge is 2.10. The van der Waals surface area contributed by atoms with Crippen LogP contribution in [0.25, 0.3) is 0 Å². The van der Waals surface area contributed by atoms with Crippen molar-refractivity contribution in [2.45, 2.75) is 39.8 Å². The number of hydrogen-bond acceptors (Lipinski definition) is 2. The average molecular weight is 354 g/mol. The van der Waals surface area contributed by atoms with E-state index in [-0.39, 0.29) is 17.0 Å². The van der Waals surface area contributed by atoms with Crippen LogP contribution >= 0.6 is 40.2 Å². The zero-order chi connectivity index (χ0) is 13.0. The lowest BCUT2D eigenvalue weighted by Gasteiger charge is -2.27. The molecule has 102 valence electrons. The van der Waals surface area contributed by atoms with Gasteiger partial charge in [-0.25, -0.2) is 0 Å². The highest BCUT2D eigenvalue weighted by Crippen LogP contribution is 2.22. The van der Waals surface area contributed by atoms with Crippen molar-refractivity contribution in [2.75, 3.05) is 0 Å². The lowest BCUT2D eigenvalue weighted by atomic mass is 10.2. The first-order chi connectivity index (χ1) is 7.93. The Morgan fingerprint density at radius 1 is 1.06 bits per heavy atom. The van der Waals surface area contributed by atoms with E-state index in [1.54, 1.807) is 6.21 Å². The molecule has 0 radical (unpaired) electrons. The van der Waals surface area contributed by atoms with E-state index in [1.165, 1.54) is 0 Å². The predicted molar refractivity (Wildman–Crippen MR) is 86.5 cm³/mol. The molecule has 1 aromatic carbocycles. The Morgan fingerprint density at radius 3 is 1.89 bits per heavy atom. The largest absolute Gasteiger partial charge is 0.292 e. The first kappa shape index (κ1) is 17.8. The summed E-state index contributed by atoms with van der Waals surface area (Å²) < 4.78 is 0. The van der Waals surface area contributed by atoms with Crippen LogP contribution in [0.3, 0.4) is 0 Å². The maximum Gasteiger partial charge on any atom is 0.0573 e. The van der Waals surface area contributed by atoms with E-state index in [1.807, 2.05) is 23.2 Å². The number of hydrazone groups is 1. The van der Waals surface area contributed by atoms with E-state index in [0.717, 1.165) is 5.56 Å². The smallest absolute Gasteiger partial charge is 0.0573 e. The van der Waals surface area contributed by atoms with Gasteiger partial charge >= 0.3 is 0 Å². The highest BCUT2D eigenvalue weighted by molar-refractivity contribution is 8.93. The summed E-state index contributed by atoms with van der Waals surface area (Å²) in [5, 5.41) is 7.71. The molecule has 0 aliphatic rings. The fourth-order valence-electron chi connectivity index (χ4n) is 1.62. The molecule has 0 heterocycles. The molecule has 0 fully saturated rings. The Kier molecular flexibility index (Phi) is 7.92. The molecule has 1 rings (SSSR count). The van der Waals surface area contributed by atoms with Crippen molar-refractivity contribution in [3.05, 3.63) is 33.8 Å². The standard InChI is InChI=1S/C13H18Cl2N2.BrH/c1-9(2)17(10(3)4)16-8-11-12(14)6-5-7-13(11)15;/h5-10H,1-4H3;1H. The van der Waals surface area contributed by atoms with Crippen molar-refractivity contribution in [3.63, 3.8) is 0 Å². The van der Waals surface area contributed by atoms with E-state index in [0.29, 0.717) is 22.1 Å². The fraction of sp³-hybridized carbons (Fsp3) is 0.462. The second-order valence-corrected chi connectivity index (χ2v) is 5.26. The molecule has 0 amide bonds. The van der Waals surface area contributed by atoms with Gasteiger partial charge < -0.3 is 0 Å². The maximum atomic E-state index is 6.08. The van der Waals surface area contributed by atoms with Crippen molar-refractivity contribution >= 4 is 46.4 Å². The summed E-state index contributed by atoms with van der Waals surface area (Å²) in [5.74, 6) is 0. The van der Waals surface area contributed by atoms with Gasteiger partial charge in [-0.2, -0.15) is 5.10 Å². The number of hydrogen-bond donors (Lipinski definition) is 0. The average Bonchev–Trinajstić information content (AvgIpc) is 2.21. The SMILES string of the molecule is Br.CC(C)N(N=Cc1c(Cl)cccc1Cl)C(C)C. The lowest BCUT2D eigenvalue weighted by Crippen LogP contribution is -2.32. The first-order valence-electron chi connectivity index (χ1n) is 5.69. The molecule has 0 aliphatic heterocycles. The van der Waals surface area contributed by atoms with E-state index in [2.05, 4.69) is 32.8 Å².